The zero-order valence-corrected chi connectivity index (χ0v) is 12.0. The first-order chi connectivity index (χ1) is 9.69. The molecule has 0 aliphatic carbocycles. The zero-order valence-electron chi connectivity index (χ0n) is 11.2. The topological polar surface area (TPSA) is 64.4 Å². The Hall–Kier alpha value is -2.15. The number of nitrogens with zero attached hydrogens (tertiary/aromatic N) is 3. The van der Waals surface area contributed by atoms with Crippen LogP contribution in [0.4, 0.5) is 0 Å². The van der Waals surface area contributed by atoms with Crippen LogP contribution in [0.2, 0.25) is 0 Å². The highest BCUT2D eigenvalue weighted by Gasteiger charge is 2.14. The third-order valence-electron chi connectivity index (χ3n) is 3.07. The molecule has 0 amide bonds. The van der Waals surface area contributed by atoms with E-state index in [1.165, 1.54) is 0 Å². The Labute approximate surface area is 121 Å². The van der Waals surface area contributed by atoms with Crippen LogP contribution in [0.15, 0.2) is 23.3 Å². The molecule has 6 nitrogen and oxygen atoms in total. The maximum absolute atomic E-state index is 5.37. The van der Waals surface area contributed by atoms with Gasteiger partial charge in [-0.05, 0) is 37.3 Å². The van der Waals surface area contributed by atoms with Crippen LogP contribution in [0.1, 0.15) is 25.2 Å². The molecule has 0 unspecified atom stereocenters. The van der Waals surface area contributed by atoms with E-state index in [9.17, 15) is 0 Å². The van der Waals surface area contributed by atoms with Gasteiger partial charge in [-0.25, -0.2) is 0 Å². The largest absolute Gasteiger partial charge is 0.454 e. The number of hydrogen-bond donors (Lipinski definition) is 1. The minimum absolute atomic E-state index is 0.266. The maximum atomic E-state index is 5.37. The summed E-state index contributed by atoms with van der Waals surface area (Å²) >= 11 is 5.18. The van der Waals surface area contributed by atoms with E-state index >= 15 is 0 Å². The second kappa shape index (κ2) is 5.09. The molecule has 0 spiro atoms. The number of hydrogen-bond acceptors (Lipinski definition) is 5. The molecule has 2 heterocycles. The number of aryl methyl sites for hydroxylation is 1. The highest BCUT2D eigenvalue weighted by Crippen LogP contribution is 2.32. The SMILES string of the molecule is CCc1n[nH]c(=S)n1N=C(C)c1ccc2c(c1)OCO2. The van der Waals surface area contributed by atoms with Gasteiger partial charge in [-0.1, -0.05) is 6.92 Å². The lowest BCUT2D eigenvalue weighted by Gasteiger charge is -2.04. The van der Waals surface area contributed by atoms with E-state index in [1.807, 2.05) is 32.0 Å². The van der Waals surface area contributed by atoms with Crippen molar-refractivity contribution in [3.05, 3.63) is 34.4 Å². The van der Waals surface area contributed by atoms with Crippen molar-refractivity contribution >= 4 is 17.9 Å². The number of rotatable bonds is 3. The average Bonchev–Trinajstić information content (AvgIpc) is 3.05. The number of ether oxygens (including phenoxy) is 2. The van der Waals surface area contributed by atoms with E-state index in [1.54, 1.807) is 4.68 Å². The fourth-order valence-electron chi connectivity index (χ4n) is 1.99. The van der Waals surface area contributed by atoms with Crippen LogP contribution in [-0.4, -0.2) is 27.4 Å². The molecule has 104 valence electrons. The number of H-pyrrole nitrogens is 1. The minimum Gasteiger partial charge on any atom is -0.454 e. The van der Waals surface area contributed by atoms with Crippen molar-refractivity contribution in [2.45, 2.75) is 20.3 Å². The Kier molecular flexibility index (Phi) is 3.27. The van der Waals surface area contributed by atoms with Crippen LogP contribution in [0.5, 0.6) is 11.5 Å². The number of aromatic amines is 1. The molecule has 1 aliphatic rings. The van der Waals surface area contributed by atoms with E-state index in [4.69, 9.17) is 21.7 Å². The summed E-state index contributed by atoms with van der Waals surface area (Å²) in [5, 5.41) is 11.4. The summed E-state index contributed by atoms with van der Waals surface area (Å²) in [6.07, 6.45) is 0.755. The van der Waals surface area contributed by atoms with Gasteiger partial charge < -0.3 is 9.47 Å². The molecular weight excluding hydrogens is 276 g/mol. The smallest absolute Gasteiger partial charge is 0.231 e. The Balaban J connectivity index is 1.99. The summed E-state index contributed by atoms with van der Waals surface area (Å²) in [6, 6.07) is 5.74. The molecule has 2 aromatic rings. The number of benzene rings is 1. The first kappa shape index (κ1) is 12.9. The van der Waals surface area contributed by atoms with Gasteiger partial charge in [-0.2, -0.15) is 14.9 Å². The van der Waals surface area contributed by atoms with Crippen molar-refractivity contribution in [3.63, 3.8) is 0 Å². The molecule has 7 heteroatoms. The minimum atomic E-state index is 0.266. The van der Waals surface area contributed by atoms with Gasteiger partial charge in [0, 0.05) is 12.0 Å². The second-order valence-electron chi connectivity index (χ2n) is 4.36. The molecule has 20 heavy (non-hydrogen) atoms. The average molecular weight is 290 g/mol. The summed E-state index contributed by atoms with van der Waals surface area (Å²) in [4.78, 5) is 0. The lowest BCUT2D eigenvalue weighted by Crippen LogP contribution is -2.03. The van der Waals surface area contributed by atoms with Gasteiger partial charge in [0.15, 0.2) is 17.3 Å². The van der Waals surface area contributed by atoms with E-state index in [0.29, 0.717) is 4.77 Å². The van der Waals surface area contributed by atoms with Crippen molar-refractivity contribution < 1.29 is 9.47 Å². The van der Waals surface area contributed by atoms with E-state index in [2.05, 4.69) is 15.3 Å². The standard InChI is InChI=1S/C13H14N4O2S/c1-3-12-14-15-13(20)17(12)16-8(2)9-4-5-10-11(6-9)19-7-18-10/h4-6H,3,7H2,1-2H3,(H,15,20). The predicted molar refractivity (Wildman–Crippen MR) is 77.0 cm³/mol. The molecule has 1 aromatic carbocycles. The van der Waals surface area contributed by atoms with Crippen molar-refractivity contribution in [1.82, 2.24) is 14.9 Å². The van der Waals surface area contributed by atoms with Gasteiger partial charge in [-0.3, -0.25) is 5.10 Å². The fourth-order valence-corrected chi connectivity index (χ4v) is 2.18. The molecule has 0 radical (unpaired) electrons. The highest BCUT2D eigenvalue weighted by atomic mass is 32.1. The summed E-state index contributed by atoms with van der Waals surface area (Å²) in [7, 11) is 0. The van der Waals surface area contributed by atoms with Crippen molar-refractivity contribution in [2.75, 3.05) is 6.79 Å². The fraction of sp³-hybridized carbons (Fsp3) is 0.308. The Bertz CT molecular complexity index is 732. The monoisotopic (exact) mass is 290 g/mol. The second-order valence-corrected chi connectivity index (χ2v) is 4.75. The molecule has 0 saturated heterocycles. The van der Waals surface area contributed by atoms with Gasteiger partial charge in [0.2, 0.25) is 11.6 Å². The quantitative estimate of drug-likeness (QED) is 0.697. The molecule has 0 fully saturated rings. The molecule has 0 bridgehead atoms. The highest BCUT2D eigenvalue weighted by molar-refractivity contribution is 7.71. The maximum Gasteiger partial charge on any atom is 0.231 e. The molecule has 0 atom stereocenters. The number of nitrogens with one attached hydrogen (secondary N) is 1. The molecule has 1 aliphatic heterocycles. The first-order valence-corrected chi connectivity index (χ1v) is 6.71. The van der Waals surface area contributed by atoms with Crippen molar-refractivity contribution in [2.24, 2.45) is 5.10 Å². The van der Waals surface area contributed by atoms with Crippen LogP contribution in [0, 0.1) is 4.77 Å². The van der Waals surface area contributed by atoms with Gasteiger partial charge in [0.05, 0.1) is 5.71 Å². The molecule has 0 saturated carbocycles. The molecule has 1 aromatic heterocycles. The molecule has 3 rings (SSSR count). The van der Waals surface area contributed by atoms with Gasteiger partial charge >= 0.3 is 0 Å². The Morgan fingerprint density at radius 3 is 3.05 bits per heavy atom. The lowest BCUT2D eigenvalue weighted by molar-refractivity contribution is 0.174. The Morgan fingerprint density at radius 1 is 1.45 bits per heavy atom. The van der Waals surface area contributed by atoms with Crippen LogP contribution in [0.3, 0.4) is 0 Å². The normalized spacial score (nSPS) is 13.8. The molecule has 1 N–H and O–H groups in total. The van der Waals surface area contributed by atoms with Crippen LogP contribution < -0.4 is 9.47 Å². The van der Waals surface area contributed by atoms with Crippen molar-refractivity contribution in [1.29, 1.82) is 0 Å². The predicted octanol–water partition coefficient (Wildman–Crippen LogP) is 2.50. The third kappa shape index (κ3) is 2.20. The van der Waals surface area contributed by atoms with Crippen molar-refractivity contribution in [3.8, 4) is 11.5 Å². The van der Waals surface area contributed by atoms with E-state index < -0.39 is 0 Å². The zero-order chi connectivity index (χ0) is 14.1. The van der Waals surface area contributed by atoms with E-state index in [0.717, 1.165) is 35.0 Å². The summed E-state index contributed by atoms with van der Waals surface area (Å²) < 4.78 is 12.8. The number of fused-ring (bicyclic) bond motifs is 1. The van der Waals surface area contributed by atoms with E-state index in [-0.39, 0.29) is 6.79 Å². The summed E-state index contributed by atoms with van der Waals surface area (Å²) in [5.74, 6) is 2.30. The number of aromatic nitrogens is 3. The first-order valence-electron chi connectivity index (χ1n) is 6.31. The van der Waals surface area contributed by atoms with Gasteiger partial charge in [0.1, 0.15) is 0 Å². The Morgan fingerprint density at radius 2 is 2.25 bits per heavy atom. The van der Waals surface area contributed by atoms with Crippen LogP contribution >= 0.6 is 12.2 Å². The summed E-state index contributed by atoms with van der Waals surface area (Å²) in [5.41, 5.74) is 1.79. The third-order valence-corrected chi connectivity index (χ3v) is 3.34. The lowest BCUT2D eigenvalue weighted by atomic mass is 10.1. The summed E-state index contributed by atoms with van der Waals surface area (Å²) in [6.45, 7) is 4.19. The van der Waals surface area contributed by atoms with Crippen LogP contribution in [0.25, 0.3) is 0 Å². The molecular formula is C13H14N4O2S. The van der Waals surface area contributed by atoms with Gasteiger partial charge in [0.25, 0.3) is 0 Å². The van der Waals surface area contributed by atoms with Gasteiger partial charge in [-0.15, -0.1) is 0 Å². The van der Waals surface area contributed by atoms with Crippen LogP contribution in [-0.2, 0) is 6.42 Å².